The number of carbonyl (C=O) groups is 1. The van der Waals surface area contributed by atoms with Crippen LogP contribution in [-0.2, 0) is 11.2 Å². The van der Waals surface area contributed by atoms with Crippen LogP contribution in [0.4, 0.5) is 5.69 Å². The van der Waals surface area contributed by atoms with Gasteiger partial charge in [-0.3, -0.25) is 4.79 Å². The van der Waals surface area contributed by atoms with Crippen molar-refractivity contribution in [2.45, 2.75) is 51.5 Å². The molecule has 4 rings (SSSR count). The highest BCUT2D eigenvalue weighted by Crippen LogP contribution is 2.43. The Morgan fingerprint density at radius 1 is 1.23 bits per heavy atom. The second-order valence-electron chi connectivity index (χ2n) is 7.57. The first-order valence-corrected chi connectivity index (χ1v) is 8.80. The molecule has 3 nitrogen and oxygen atoms in total. The lowest BCUT2D eigenvalue weighted by atomic mass is 9.65. The van der Waals surface area contributed by atoms with Gasteiger partial charge in [0.05, 0.1) is 0 Å². The Morgan fingerprint density at radius 2 is 1.95 bits per heavy atom. The average Bonchev–Trinajstić information content (AvgIpc) is 2.89. The first-order chi connectivity index (χ1) is 10.6. The number of nitrogens with two attached hydrogens (primary N) is 1. The molecule has 3 heteroatoms. The quantitative estimate of drug-likeness (QED) is 0.866. The summed E-state index contributed by atoms with van der Waals surface area (Å²) in [5, 5.41) is 0. The molecule has 2 bridgehead atoms. The third kappa shape index (κ3) is 2.26. The molecule has 1 aromatic carbocycles. The van der Waals surface area contributed by atoms with Gasteiger partial charge in [-0.05, 0) is 62.5 Å². The van der Waals surface area contributed by atoms with Crippen molar-refractivity contribution in [2.24, 2.45) is 23.5 Å². The zero-order valence-electron chi connectivity index (χ0n) is 13.4. The summed E-state index contributed by atoms with van der Waals surface area (Å²) in [4.78, 5) is 15.1. The van der Waals surface area contributed by atoms with E-state index < -0.39 is 0 Å². The number of hydrogen-bond acceptors (Lipinski definition) is 2. The molecule has 2 aliphatic carbocycles. The maximum atomic E-state index is 13.1. The van der Waals surface area contributed by atoms with Gasteiger partial charge < -0.3 is 10.6 Å². The van der Waals surface area contributed by atoms with Gasteiger partial charge in [-0.2, -0.15) is 0 Å². The van der Waals surface area contributed by atoms with Crippen LogP contribution in [-0.4, -0.2) is 18.5 Å². The SMILES string of the molecule is Cc1ccc2c(c1)CCN2C(=O)C1CC2CCCC(C1)C2N. The van der Waals surface area contributed by atoms with Crippen molar-refractivity contribution in [3.05, 3.63) is 29.3 Å². The predicted octanol–water partition coefficient (Wildman–Crippen LogP) is 3.04. The zero-order chi connectivity index (χ0) is 15.3. The minimum absolute atomic E-state index is 0.197. The minimum Gasteiger partial charge on any atom is -0.327 e. The van der Waals surface area contributed by atoms with Gasteiger partial charge >= 0.3 is 0 Å². The maximum Gasteiger partial charge on any atom is 0.230 e. The molecule has 2 atom stereocenters. The number of nitrogens with zero attached hydrogens (tertiary/aromatic N) is 1. The molecule has 0 aromatic heterocycles. The van der Waals surface area contributed by atoms with Crippen molar-refractivity contribution in [1.29, 1.82) is 0 Å². The van der Waals surface area contributed by atoms with Crippen LogP contribution in [0, 0.1) is 24.7 Å². The Balaban J connectivity index is 1.54. The molecule has 1 amide bonds. The monoisotopic (exact) mass is 298 g/mol. The van der Waals surface area contributed by atoms with Crippen molar-refractivity contribution in [1.82, 2.24) is 0 Å². The molecular weight excluding hydrogens is 272 g/mol. The van der Waals surface area contributed by atoms with E-state index in [9.17, 15) is 4.79 Å². The van der Waals surface area contributed by atoms with E-state index >= 15 is 0 Å². The van der Waals surface area contributed by atoms with Crippen LogP contribution in [0.15, 0.2) is 18.2 Å². The van der Waals surface area contributed by atoms with Gasteiger partial charge in [0.2, 0.25) is 5.91 Å². The molecule has 2 unspecified atom stereocenters. The fourth-order valence-corrected chi connectivity index (χ4v) is 4.97. The van der Waals surface area contributed by atoms with Crippen molar-refractivity contribution >= 4 is 11.6 Å². The number of carbonyl (C=O) groups excluding carboxylic acids is 1. The molecule has 1 aliphatic heterocycles. The van der Waals surface area contributed by atoms with Gasteiger partial charge in [0.1, 0.15) is 0 Å². The smallest absolute Gasteiger partial charge is 0.230 e. The molecule has 0 saturated heterocycles. The van der Waals surface area contributed by atoms with E-state index in [-0.39, 0.29) is 5.92 Å². The largest absolute Gasteiger partial charge is 0.327 e. The summed E-state index contributed by atoms with van der Waals surface area (Å²) in [6.07, 6.45) is 6.76. The van der Waals surface area contributed by atoms with Crippen molar-refractivity contribution < 1.29 is 4.79 Å². The molecule has 0 spiro atoms. The van der Waals surface area contributed by atoms with Gasteiger partial charge in [0.25, 0.3) is 0 Å². The fourth-order valence-electron chi connectivity index (χ4n) is 4.97. The van der Waals surface area contributed by atoms with Gasteiger partial charge in [0.15, 0.2) is 0 Å². The number of amides is 1. The molecule has 2 saturated carbocycles. The van der Waals surface area contributed by atoms with Crippen LogP contribution in [0.5, 0.6) is 0 Å². The highest BCUT2D eigenvalue weighted by Gasteiger charge is 2.42. The van der Waals surface area contributed by atoms with Gasteiger partial charge in [-0.15, -0.1) is 0 Å². The summed E-state index contributed by atoms with van der Waals surface area (Å²) in [6, 6.07) is 6.82. The summed E-state index contributed by atoms with van der Waals surface area (Å²) in [7, 11) is 0. The Hall–Kier alpha value is -1.35. The van der Waals surface area contributed by atoms with Crippen molar-refractivity contribution in [3.8, 4) is 0 Å². The van der Waals surface area contributed by atoms with E-state index in [2.05, 4.69) is 25.1 Å². The van der Waals surface area contributed by atoms with Crippen molar-refractivity contribution in [2.75, 3.05) is 11.4 Å². The molecule has 2 N–H and O–H groups in total. The lowest BCUT2D eigenvalue weighted by Crippen LogP contribution is -2.49. The first-order valence-electron chi connectivity index (χ1n) is 8.80. The third-order valence-electron chi connectivity index (χ3n) is 6.16. The van der Waals surface area contributed by atoms with E-state index in [0.717, 1.165) is 31.5 Å². The Bertz CT molecular complexity index is 583. The number of anilines is 1. The normalized spacial score (nSPS) is 33.6. The topological polar surface area (TPSA) is 46.3 Å². The summed E-state index contributed by atoms with van der Waals surface area (Å²) in [5.41, 5.74) is 10.1. The van der Waals surface area contributed by atoms with Gasteiger partial charge in [0, 0.05) is 24.2 Å². The van der Waals surface area contributed by atoms with Crippen LogP contribution < -0.4 is 10.6 Å². The Labute approximate surface area is 132 Å². The molecule has 22 heavy (non-hydrogen) atoms. The number of fused-ring (bicyclic) bond motifs is 3. The number of aryl methyl sites for hydroxylation is 1. The van der Waals surface area contributed by atoms with Crippen molar-refractivity contribution in [3.63, 3.8) is 0 Å². The van der Waals surface area contributed by atoms with E-state index in [4.69, 9.17) is 5.73 Å². The summed E-state index contributed by atoms with van der Waals surface area (Å²) in [6.45, 7) is 2.98. The first kappa shape index (κ1) is 14.3. The van der Waals surface area contributed by atoms with Crippen LogP contribution in [0.3, 0.4) is 0 Å². The number of benzene rings is 1. The van der Waals surface area contributed by atoms with E-state index in [1.54, 1.807) is 0 Å². The molecule has 118 valence electrons. The molecule has 2 fully saturated rings. The van der Waals surface area contributed by atoms with Gasteiger partial charge in [-0.1, -0.05) is 24.1 Å². The highest BCUT2D eigenvalue weighted by atomic mass is 16.2. The minimum atomic E-state index is 0.197. The average molecular weight is 298 g/mol. The van der Waals surface area contributed by atoms with Crippen LogP contribution in [0.25, 0.3) is 0 Å². The maximum absolute atomic E-state index is 13.1. The number of rotatable bonds is 1. The Morgan fingerprint density at radius 3 is 2.68 bits per heavy atom. The highest BCUT2D eigenvalue weighted by molar-refractivity contribution is 5.97. The van der Waals surface area contributed by atoms with Crippen LogP contribution in [0.1, 0.15) is 43.2 Å². The van der Waals surface area contributed by atoms with E-state index in [1.807, 2.05) is 4.90 Å². The molecule has 3 aliphatic rings. The summed E-state index contributed by atoms with van der Waals surface area (Å²) in [5.74, 6) is 1.69. The lowest BCUT2D eigenvalue weighted by Gasteiger charge is -2.44. The molecular formula is C19H26N2O. The lowest BCUT2D eigenvalue weighted by molar-refractivity contribution is -0.125. The molecule has 0 radical (unpaired) electrons. The fraction of sp³-hybridized carbons (Fsp3) is 0.632. The van der Waals surface area contributed by atoms with E-state index in [0.29, 0.717) is 23.8 Å². The van der Waals surface area contributed by atoms with Crippen LogP contribution in [0.2, 0.25) is 0 Å². The Kier molecular flexibility index (Phi) is 3.48. The second kappa shape index (κ2) is 5.38. The number of hydrogen-bond donors (Lipinski definition) is 1. The summed E-state index contributed by atoms with van der Waals surface area (Å²) >= 11 is 0. The second-order valence-corrected chi connectivity index (χ2v) is 7.57. The van der Waals surface area contributed by atoms with Crippen LogP contribution >= 0.6 is 0 Å². The van der Waals surface area contributed by atoms with Gasteiger partial charge in [-0.25, -0.2) is 0 Å². The molecule has 1 heterocycles. The standard InChI is InChI=1S/C19H26N2O/c1-12-5-6-17-13(9-12)7-8-21(17)19(22)16-10-14-3-2-4-15(11-16)18(14)20/h5-6,9,14-16,18H,2-4,7-8,10-11,20H2,1H3. The predicted molar refractivity (Wildman–Crippen MR) is 88.8 cm³/mol. The summed E-state index contributed by atoms with van der Waals surface area (Å²) < 4.78 is 0. The third-order valence-corrected chi connectivity index (χ3v) is 6.16. The van der Waals surface area contributed by atoms with E-state index in [1.165, 1.54) is 30.4 Å². The molecule has 1 aromatic rings. The zero-order valence-corrected chi connectivity index (χ0v) is 13.4.